The molecule has 0 bridgehead atoms. The zero-order valence-corrected chi connectivity index (χ0v) is 54.5. The van der Waals surface area contributed by atoms with Crippen LogP contribution in [0.25, 0.3) is 0 Å². The third-order valence-electron chi connectivity index (χ3n) is 15.6. The van der Waals surface area contributed by atoms with Crippen molar-refractivity contribution in [3.63, 3.8) is 0 Å². The molecule has 0 spiro atoms. The molecule has 0 aliphatic carbocycles. The molecule has 0 rings (SSSR count). The Morgan fingerprint density at radius 3 is 0.756 bits per heavy atom. The van der Waals surface area contributed by atoms with Gasteiger partial charge in [0.15, 0.2) is 6.10 Å². The van der Waals surface area contributed by atoms with Crippen LogP contribution in [0.1, 0.15) is 361 Å². The predicted octanol–water partition coefficient (Wildman–Crippen LogP) is 24.6. The summed E-state index contributed by atoms with van der Waals surface area (Å²) in [6, 6.07) is 0. The summed E-state index contributed by atoms with van der Waals surface area (Å²) < 4.78 is 16.9. The van der Waals surface area contributed by atoms with Gasteiger partial charge >= 0.3 is 17.9 Å². The molecule has 474 valence electrons. The van der Waals surface area contributed by atoms with Crippen LogP contribution < -0.4 is 0 Å². The van der Waals surface area contributed by atoms with Gasteiger partial charge in [0.1, 0.15) is 13.2 Å². The monoisotopic (exact) mass is 1140 g/mol. The third kappa shape index (κ3) is 67.4. The molecule has 6 nitrogen and oxygen atoms in total. The van der Waals surface area contributed by atoms with E-state index in [2.05, 4.69) is 106 Å². The molecule has 6 heteroatoms. The quantitative estimate of drug-likeness (QED) is 0.0261. The highest BCUT2D eigenvalue weighted by Crippen LogP contribution is 2.18. The average Bonchev–Trinajstić information content (AvgIpc) is 3.47. The summed E-state index contributed by atoms with van der Waals surface area (Å²) in [7, 11) is 0. The molecule has 0 saturated carbocycles. The summed E-state index contributed by atoms with van der Waals surface area (Å²) in [5, 5.41) is 0. The topological polar surface area (TPSA) is 78.9 Å². The summed E-state index contributed by atoms with van der Waals surface area (Å²) in [4.78, 5) is 38.2. The van der Waals surface area contributed by atoms with E-state index in [0.717, 1.165) is 96.3 Å². The second kappa shape index (κ2) is 70.1. The van der Waals surface area contributed by atoms with Crippen LogP contribution in [-0.2, 0) is 28.6 Å². The number of carbonyl (C=O) groups is 3. The highest BCUT2D eigenvalue weighted by molar-refractivity contribution is 5.71. The van der Waals surface area contributed by atoms with E-state index in [9.17, 15) is 14.4 Å². The lowest BCUT2D eigenvalue weighted by molar-refractivity contribution is -0.167. The average molecular weight is 1140 g/mol. The number of allylic oxidation sites excluding steroid dienone is 14. The van der Waals surface area contributed by atoms with Crippen molar-refractivity contribution < 1.29 is 28.6 Å². The summed E-state index contributed by atoms with van der Waals surface area (Å²) in [5.74, 6) is -0.859. The Morgan fingerprint density at radius 2 is 0.476 bits per heavy atom. The molecular weight excluding hydrogens is 1010 g/mol. The van der Waals surface area contributed by atoms with E-state index in [1.165, 1.54) is 225 Å². The van der Waals surface area contributed by atoms with Gasteiger partial charge in [-0.25, -0.2) is 0 Å². The molecule has 0 aliphatic heterocycles. The maximum Gasteiger partial charge on any atom is 0.306 e. The van der Waals surface area contributed by atoms with Gasteiger partial charge < -0.3 is 14.2 Å². The lowest BCUT2D eigenvalue weighted by Crippen LogP contribution is -2.30. The van der Waals surface area contributed by atoms with E-state index in [0.29, 0.717) is 19.3 Å². The van der Waals surface area contributed by atoms with Crippen LogP contribution in [0.2, 0.25) is 0 Å². The smallest absolute Gasteiger partial charge is 0.306 e. The third-order valence-corrected chi connectivity index (χ3v) is 15.6. The van der Waals surface area contributed by atoms with Crippen molar-refractivity contribution in [1.82, 2.24) is 0 Å². The molecule has 0 aromatic carbocycles. The maximum atomic E-state index is 12.9. The van der Waals surface area contributed by atoms with Crippen LogP contribution in [0.3, 0.4) is 0 Å². The fourth-order valence-corrected chi connectivity index (χ4v) is 10.3. The molecule has 82 heavy (non-hydrogen) atoms. The van der Waals surface area contributed by atoms with Gasteiger partial charge in [-0.2, -0.15) is 0 Å². The van der Waals surface area contributed by atoms with Gasteiger partial charge in [-0.1, -0.05) is 331 Å². The number of unbranched alkanes of at least 4 members (excludes halogenated alkanes) is 40. The van der Waals surface area contributed by atoms with E-state index in [4.69, 9.17) is 14.2 Å². The highest BCUT2D eigenvalue weighted by atomic mass is 16.6. The number of rotatable bonds is 65. The Morgan fingerprint density at radius 1 is 0.256 bits per heavy atom. The first-order valence-corrected chi connectivity index (χ1v) is 35.6. The van der Waals surface area contributed by atoms with Crippen molar-refractivity contribution >= 4 is 17.9 Å². The van der Waals surface area contributed by atoms with Crippen LogP contribution in [0.15, 0.2) is 85.1 Å². The molecule has 0 radical (unpaired) electrons. The minimum Gasteiger partial charge on any atom is -0.462 e. The van der Waals surface area contributed by atoms with Crippen molar-refractivity contribution in [3.05, 3.63) is 85.1 Å². The predicted molar refractivity (Wildman–Crippen MR) is 358 cm³/mol. The molecule has 0 aromatic rings. The number of hydrogen-bond acceptors (Lipinski definition) is 6. The zero-order valence-electron chi connectivity index (χ0n) is 54.5. The first kappa shape index (κ1) is 78.6. The molecule has 0 N–H and O–H groups in total. The summed E-state index contributed by atoms with van der Waals surface area (Å²) >= 11 is 0. The zero-order chi connectivity index (χ0) is 59.2. The van der Waals surface area contributed by atoms with Gasteiger partial charge in [0, 0.05) is 19.3 Å². The molecule has 0 aromatic heterocycles. The maximum absolute atomic E-state index is 12.9. The molecule has 1 atom stereocenters. The Kier molecular flexibility index (Phi) is 67.2. The fraction of sp³-hybridized carbons (Fsp3) is 0.776. The summed E-state index contributed by atoms with van der Waals surface area (Å²) in [5.41, 5.74) is 0. The number of hydrogen-bond donors (Lipinski definition) is 0. The van der Waals surface area contributed by atoms with Crippen LogP contribution in [0.5, 0.6) is 0 Å². The Balaban J connectivity index is 4.05. The van der Waals surface area contributed by atoms with Crippen LogP contribution in [-0.4, -0.2) is 37.2 Å². The molecular formula is C76H134O6. The normalized spacial score (nSPS) is 12.6. The summed E-state index contributed by atoms with van der Waals surface area (Å²) in [6.07, 6.45) is 93.5. The minimum atomic E-state index is -0.773. The first-order chi connectivity index (χ1) is 40.5. The van der Waals surface area contributed by atoms with Gasteiger partial charge in [0.2, 0.25) is 0 Å². The number of ether oxygens (including phenoxy) is 3. The van der Waals surface area contributed by atoms with Crippen LogP contribution in [0.4, 0.5) is 0 Å². The van der Waals surface area contributed by atoms with Crippen molar-refractivity contribution in [2.24, 2.45) is 0 Å². The van der Waals surface area contributed by atoms with E-state index >= 15 is 0 Å². The van der Waals surface area contributed by atoms with Crippen LogP contribution in [0, 0.1) is 0 Å². The van der Waals surface area contributed by atoms with Gasteiger partial charge in [0.25, 0.3) is 0 Å². The minimum absolute atomic E-state index is 0.0716. The second-order valence-corrected chi connectivity index (χ2v) is 23.8. The molecule has 0 heterocycles. The van der Waals surface area contributed by atoms with E-state index in [-0.39, 0.29) is 31.1 Å². The Labute approximate surface area is 509 Å². The molecule has 0 saturated heterocycles. The largest absolute Gasteiger partial charge is 0.462 e. The lowest BCUT2D eigenvalue weighted by atomic mass is 10.0. The Bertz CT molecular complexity index is 1550. The van der Waals surface area contributed by atoms with Gasteiger partial charge in [-0.3, -0.25) is 14.4 Å². The van der Waals surface area contributed by atoms with E-state index in [1.807, 2.05) is 0 Å². The van der Waals surface area contributed by atoms with E-state index < -0.39 is 6.10 Å². The van der Waals surface area contributed by atoms with Crippen molar-refractivity contribution in [1.29, 1.82) is 0 Å². The SMILES string of the molecule is CC/C=C\C/C=C\C/C=C\C/C=C\C/C=C\C/C=C\CCCCCCCCCCCCCCCCCCC(=O)OCC(COC(=O)CCCCCCCCCC)OC(=O)CCCCCCCCCCC/C=C\CCCCCCCCCC. The highest BCUT2D eigenvalue weighted by Gasteiger charge is 2.19. The molecule has 0 fully saturated rings. The number of esters is 3. The van der Waals surface area contributed by atoms with Gasteiger partial charge in [0.05, 0.1) is 0 Å². The van der Waals surface area contributed by atoms with E-state index in [1.54, 1.807) is 0 Å². The van der Waals surface area contributed by atoms with Crippen molar-refractivity contribution in [3.8, 4) is 0 Å². The fourth-order valence-electron chi connectivity index (χ4n) is 10.3. The molecule has 0 amide bonds. The van der Waals surface area contributed by atoms with Gasteiger partial charge in [-0.05, 0) is 96.3 Å². The van der Waals surface area contributed by atoms with Crippen molar-refractivity contribution in [2.75, 3.05) is 13.2 Å². The second-order valence-electron chi connectivity index (χ2n) is 23.8. The molecule has 0 aliphatic rings. The molecule has 1 unspecified atom stereocenters. The van der Waals surface area contributed by atoms with Crippen LogP contribution >= 0.6 is 0 Å². The van der Waals surface area contributed by atoms with Gasteiger partial charge in [-0.15, -0.1) is 0 Å². The number of carbonyl (C=O) groups excluding carboxylic acids is 3. The first-order valence-electron chi connectivity index (χ1n) is 35.6. The van der Waals surface area contributed by atoms with Crippen molar-refractivity contribution in [2.45, 2.75) is 367 Å². The standard InChI is InChI=1S/C76H134O6/c1-4-7-10-13-16-19-21-23-25-27-29-31-32-33-34-35-36-37-38-39-40-41-42-43-44-46-47-49-51-53-55-57-60-63-66-69-75(78)81-72-73(71-80-74(77)68-65-62-59-18-15-12-9-6-3)82-76(79)70-67-64-61-58-56-54-52-50-48-45-30-28-26-24-22-20-17-14-11-8-5-2/h7,10,16,19,23,25,28-31,33-34,36-37,73H,4-6,8-9,11-15,17-18,20-22,24,26-27,32,35,38-72H2,1-3H3/b10-7-,19-16-,25-23-,30-28-,31-29-,34-33-,37-36-. The lowest BCUT2D eigenvalue weighted by Gasteiger charge is -2.18. The Hall–Kier alpha value is -3.41. The summed E-state index contributed by atoms with van der Waals surface area (Å²) in [6.45, 7) is 6.54.